The van der Waals surface area contributed by atoms with E-state index >= 15 is 0 Å². The van der Waals surface area contributed by atoms with Crippen LogP contribution in [0.5, 0.6) is 0 Å². The van der Waals surface area contributed by atoms with Gasteiger partial charge in [0.1, 0.15) is 18.0 Å². The highest BCUT2D eigenvalue weighted by molar-refractivity contribution is 5.23. The maximum atomic E-state index is 13.9. The Hall–Kier alpha value is -1.88. The summed E-state index contributed by atoms with van der Waals surface area (Å²) in [5, 5.41) is 0. The molecule has 1 aliphatic rings. The minimum atomic E-state index is -0.375. The predicted octanol–water partition coefficient (Wildman–Crippen LogP) is 3.13. The summed E-state index contributed by atoms with van der Waals surface area (Å²) < 4.78 is 27.3. The van der Waals surface area contributed by atoms with E-state index in [1.807, 2.05) is 0 Å². The fourth-order valence-corrected chi connectivity index (χ4v) is 2.95. The molecule has 0 aliphatic carbocycles. The monoisotopic (exact) mass is 289 g/mol. The fourth-order valence-electron chi connectivity index (χ4n) is 2.95. The van der Waals surface area contributed by atoms with Crippen LogP contribution in [0.15, 0.2) is 36.9 Å². The van der Waals surface area contributed by atoms with Crippen LogP contribution in [0.3, 0.4) is 0 Å². The van der Waals surface area contributed by atoms with E-state index in [9.17, 15) is 8.78 Å². The van der Waals surface area contributed by atoms with Gasteiger partial charge in [-0.2, -0.15) is 0 Å². The summed E-state index contributed by atoms with van der Waals surface area (Å²) in [4.78, 5) is 10.3. The first-order chi connectivity index (χ1) is 10.2. The quantitative estimate of drug-likeness (QED) is 0.869. The molecule has 1 aromatic heterocycles. The summed E-state index contributed by atoms with van der Waals surface area (Å²) in [5.41, 5.74) is 1.53. The first-order valence-electron chi connectivity index (χ1n) is 7.13. The molecule has 2 aromatic rings. The maximum Gasteiger partial charge on any atom is 0.126 e. The molecule has 3 rings (SSSR count). The lowest BCUT2D eigenvalue weighted by Gasteiger charge is -2.33. The first-order valence-corrected chi connectivity index (χ1v) is 7.13. The second-order valence-electron chi connectivity index (χ2n) is 5.49. The number of likely N-dealkylation sites (tertiary alicyclic amines) is 1. The van der Waals surface area contributed by atoms with E-state index in [0.717, 1.165) is 38.0 Å². The van der Waals surface area contributed by atoms with E-state index in [1.165, 1.54) is 24.5 Å². The number of aromatic nitrogens is 2. The smallest absolute Gasteiger partial charge is 0.126 e. The Morgan fingerprint density at radius 1 is 1.19 bits per heavy atom. The van der Waals surface area contributed by atoms with Crippen molar-refractivity contribution in [3.05, 3.63) is 59.7 Å². The third kappa shape index (κ3) is 3.42. The van der Waals surface area contributed by atoms with Crippen molar-refractivity contribution >= 4 is 0 Å². The van der Waals surface area contributed by atoms with Gasteiger partial charge in [-0.05, 0) is 49.1 Å². The molecule has 1 aromatic carbocycles. The number of hydrogen-bond acceptors (Lipinski definition) is 3. The third-order valence-corrected chi connectivity index (χ3v) is 3.92. The van der Waals surface area contributed by atoms with E-state index in [0.29, 0.717) is 5.56 Å². The van der Waals surface area contributed by atoms with Gasteiger partial charge in [-0.25, -0.2) is 18.7 Å². The molecule has 1 saturated heterocycles. The van der Waals surface area contributed by atoms with Gasteiger partial charge >= 0.3 is 0 Å². The van der Waals surface area contributed by atoms with Gasteiger partial charge in [-0.1, -0.05) is 0 Å². The maximum absolute atomic E-state index is 13.9. The molecule has 0 spiro atoms. The second kappa shape index (κ2) is 6.26. The Morgan fingerprint density at radius 3 is 2.81 bits per heavy atom. The van der Waals surface area contributed by atoms with Gasteiger partial charge in [0.25, 0.3) is 0 Å². The topological polar surface area (TPSA) is 29.0 Å². The lowest BCUT2D eigenvalue weighted by atomic mass is 9.90. The molecule has 21 heavy (non-hydrogen) atoms. The Labute approximate surface area is 122 Å². The zero-order valence-electron chi connectivity index (χ0n) is 11.7. The van der Waals surface area contributed by atoms with Gasteiger partial charge in [0.2, 0.25) is 0 Å². The van der Waals surface area contributed by atoms with Crippen molar-refractivity contribution in [3.8, 4) is 0 Å². The van der Waals surface area contributed by atoms with Crippen LogP contribution < -0.4 is 0 Å². The van der Waals surface area contributed by atoms with Gasteiger partial charge in [-0.15, -0.1) is 0 Å². The van der Waals surface area contributed by atoms with Crippen LogP contribution in [0.25, 0.3) is 0 Å². The second-order valence-corrected chi connectivity index (χ2v) is 5.49. The molecule has 3 nitrogen and oxygen atoms in total. The number of hydrogen-bond donors (Lipinski definition) is 0. The molecule has 0 bridgehead atoms. The predicted molar refractivity (Wildman–Crippen MR) is 75.6 cm³/mol. The van der Waals surface area contributed by atoms with Crippen LogP contribution in [-0.4, -0.2) is 28.0 Å². The van der Waals surface area contributed by atoms with Gasteiger partial charge in [0.05, 0.1) is 0 Å². The van der Waals surface area contributed by atoms with E-state index in [1.54, 1.807) is 12.4 Å². The van der Waals surface area contributed by atoms with Crippen LogP contribution >= 0.6 is 0 Å². The van der Waals surface area contributed by atoms with Crippen molar-refractivity contribution in [2.24, 2.45) is 0 Å². The van der Waals surface area contributed by atoms with Crippen molar-refractivity contribution in [1.82, 2.24) is 14.9 Å². The van der Waals surface area contributed by atoms with Crippen LogP contribution in [0.1, 0.15) is 29.9 Å². The average molecular weight is 289 g/mol. The van der Waals surface area contributed by atoms with Crippen LogP contribution in [-0.2, 0) is 6.54 Å². The minimum absolute atomic E-state index is 0.0408. The molecule has 5 heteroatoms. The number of halogens is 2. The van der Waals surface area contributed by atoms with E-state index < -0.39 is 0 Å². The van der Waals surface area contributed by atoms with Crippen LogP contribution in [0.4, 0.5) is 8.78 Å². The number of benzene rings is 1. The van der Waals surface area contributed by atoms with Gasteiger partial charge in [-0.3, -0.25) is 4.90 Å². The van der Waals surface area contributed by atoms with Crippen molar-refractivity contribution in [2.45, 2.75) is 25.3 Å². The van der Waals surface area contributed by atoms with Crippen molar-refractivity contribution in [1.29, 1.82) is 0 Å². The highest BCUT2D eigenvalue weighted by Crippen LogP contribution is 2.29. The average Bonchev–Trinajstić information content (AvgIpc) is 2.51. The molecule has 0 unspecified atom stereocenters. The highest BCUT2D eigenvalue weighted by Gasteiger charge is 2.24. The number of piperidine rings is 1. The number of nitrogens with zero attached hydrogens (tertiary/aromatic N) is 3. The normalized spacial score (nSPS) is 19.6. The molecular weight excluding hydrogens is 272 g/mol. The van der Waals surface area contributed by atoms with Crippen molar-refractivity contribution in [2.75, 3.05) is 13.1 Å². The summed E-state index contributed by atoms with van der Waals surface area (Å²) in [5.74, 6) is -0.648. The Morgan fingerprint density at radius 2 is 2.00 bits per heavy atom. The summed E-state index contributed by atoms with van der Waals surface area (Å²) in [6.45, 7) is 2.44. The van der Waals surface area contributed by atoms with E-state index in [4.69, 9.17) is 0 Å². The first kappa shape index (κ1) is 14.1. The summed E-state index contributed by atoms with van der Waals surface area (Å²) in [6, 6.07) is 3.71. The molecular formula is C16H17F2N3. The van der Waals surface area contributed by atoms with E-state index in [2.05, 4.69) is 14.9 Å². The SMILES string of the molecule is Fc1ccc(F)c([C@@H]2CCCN(Cc3cncnc3)C2)c1. The molecule has 2 heterocycles. The Bertz CT molecular complexity index is 604. The van der Waals surface area contributed by atoms with Crippen molar-refractivity contribution in [3.63, 3.8) is 0 Å². The zero-order valence-corrected chi connectivity index (χ0v) is 11.7. The van der Waals surface area contributed by atoms with Crippen LogP contribution in [0, 0.1) is 11.6 Å². The van der Waals surface area contributed by atoms with Gasteiger partial charge in [0.15, 0.2) is 0 Å². The molecule has 0 N–H and O–H groups in total. The molecule has 0 amide bonds. The zero-order chi connectivity index (χ0) is 14.7. The standard InChI is InChI=1S/C16H17F2N3/c17-14-3-4-16(18)15(6-14)13-2-1-5-21(10-13)9-12-7-19-11-20-8-12/h3-4,6-8,11,13H,1-2,5,9-10H2/t13-/m1/s1. The summed E-state index contributed by atoms with van der Waals surface area (Å²) >= 11 is 0. The number of rotatable bonds is 3. The van der Waals surface area contributed by atoms with Crippen LogP contribution in [0.2, 0.25) is 0 Å². The summed E-state index contributed by atoms with van der Waals surface area (Å²) in [6.07, 6.45) is 6.96. The molecule has 0 radical (unpaired) electrons. The molecule has 0 saturated carbocycles. The molecule has 110 valence electrons. The third-order valence-electron chi connectivity index (χ3n) is 3.92. The Balaban J connectivity index is 1.72. The van der Waals surface area contributed by atoms with Crippen molar-refractivity contribution < 1.29 is 8.78 Å². The molecule has 1 aliphatic heterocycles. The van der Waals surface area contributed by atoms with Gasteiger partial charge in [0, 0.05) is 31.0 Å². The summed E-state index contributed by atoms with van der Waals surface area (Å²) in [7, 11) is 0. The fraction of sp³-hybridized carbons (Fsp3) is 0.375. The van der Waals surface area contributed by atoms with E-state index in [-0.39, 0.29) is 17.6 Å². The highest BCUT2D eigenvalue weighted by atomic mass is 19.1. The molecule has 1 atom stereocenters. The molecule has 1 fully saturated rings. The van der Waals surface area contributed by atoms with Gasteiger partial charge < -0.3 is 0 Å². The lowest BCUT2D eigenvalue weighted by Crippen LogP contribution is -2.34. The minimum Gasteiger partial charge on any atom is -0.298 e. The largest absolute Gasteiger partial charge is 0.298 e. The lowest BCUT2D eigenvalue weighted by molar-refractivity contribution is 0.198. The Kier molecular flexibility index (Phi) is 4.20.